The Kier molecular flexibility index (Phi) is 7.02. The van der Waals surface area contributed by atoms with Gasteiger partial charge in [0.15, 0.2) is 0 Å². The molecule has 1 aromatic rings. The molecule has 1 aliphatic rings. The Balaban J connectivity index is 1.99. The first-order valence-corrected chi connectivity index (χ1v) is 11.0. The number of hydrogen-bond donors (Lipinski definition) is 1. The Morgan fingerprint density at radius 2 is 1.80 bits per heavy atom. The number of nitrogens with zero attached hydrogens (tertiary/aromatic N) is 1. The topological polar surface area (TPSA) is 66.5 Å². The molecular formula is C19H30N2O3S. The van der Waals surface area contributed by atoms with Gasteiger partial charge in [-0.05, 0) is 43.9 Å². The minimum absolute atomic E-state index is 0.0333. The van der Waals surface area contributed by atoms with Crippen LogP contribution in [-0.4, -0.2) is 37.5 Å². The number of rotatable bonds is 6. The van der Waals surface area contributed by atoms with Crippen LogP contribution in [0.1, 0.15) is 56.1 Å². The highest BCUT2D eigenvalue weighted by molar-refractivity contribution is 7.88. The molecule has 2 rings (SSSR count). The fraction of sp³-hybridized carbons (Fsp3) is 0.632. The quantitative estimate of drug-likeness (QED) is 0.782. The molecule has 5 nitrogen and oxygen atoms in total. The van der Waals surface area contributed by atoms with Gasteiger partial charge in [0.25, 0.3) is 0 Å². The summed E-state index contributed by atoms with van der Waals surface area (Å²) < 4.78 is 26.0. The lowest BCUT2D eigenvalue weighted by atomic mass is 10.1. The summed E-state index contributed by atoms with van der Waals surface area (Å²) in [7, 11) is -3.31. The van der Waals surface area contributed by atoms with Crippen molar-refractivity contribution in [2.24, 2.45) is 0 Å². The second-order valence-corrected chi connectivity index (χ2v) is 9.07. The van der Waals surface area contributed by atoms with Crippen molar-refractivity contribution in [3.8, 4) is 0 Å². The van der Waals surface area contributed by atoms with Crippen molar-refractivity contribution >= 4 is 21.6 Å². The number of benzene rings is 1. The molecule has 0 spiro atoms. The monoisotopic (exact) mass is 366 g/mol. The van der Waals surface area contributed by atoms with Gasteiger partial charge in [0.2, 0.25) is 15.9 Å². The molecule has 0 radical (unpaired) electrons. The standard InChI is InChI=1S/C19H30N2O3S/c1-15-10-11-16(2)18(14-15)20-19(22)12-13-21(25(3,23)24)17-8-6-4-5-7-9-17/h10-11,14,17H,4-9,12-13H2,1-3H3,(H,20,22). The minimum Gasteiger partial charge on any atom is -0.326 e. The number of sulfonamides is 1. The predicted octanol–water partition coefficient (Wildman–Crippen LogP) is 3.62. The molecule has 1 fully saturated rings. The number of carbonyl (C=O) groups excluding carboxylic acids is 1. The van der Waals surface area contributed by atoms with Crippen LogP contribution in [0, 0.1) is 13.8 Å². The zero-order valence-corrected chi connectivity index (χ0v) is 16.4. The van der Waals surface area contributed by atoms with Crippen LogP contribution in [0.15, 0.2) is 18.2 Å². The van der Waals surface area contributed by atoms with Gasteiger partial charge in [0, 0.05) is 24.7 Å². The number of carbonyl (C=O) groups is 1. The van der Waals surface area contributed by atoms with Gasteiger partial charge >= 0.3 is 0 Å². The Labute approximate surface area is 151 Å². The van der Waals surface area contributed by atoms with Crippen LogP contribution in [0.4, 0.5) is 5.69 Å². The number of aryl methyl sites for hydroxylation is 2. The molecule has 140 valence electrons. The van der Waals surface area contributed by atoms with E-state index in [1.807, 2.05) is 32.0 Å². The van der Waals surface area contributed by atoms with Crippen LogP contribution in [0.2, 0.25) is 0 Å². The first-order chi connectivity index (χ1) is 11.8. The molecule has 0 saturated heterocycles. The van der Waals surface area contributed by atoms with E-state index in [1.54, 1.807) is 4.31 Å². The van der Waals surface area contributed by atoms with Gasteiger partial charge in [-0.25, -0.2) is 8.42 Å². The second kappa shape index (κ2) is 8.81. The van der Waals surface area contributed by atoms with Crippen LogP contribution < -0.4 is 5.32 Å². The molecule has 0 unspecified atom stereocenters. The highest BCUT2D eigenvalue weighted by Crippen LogP contribution is 2.24. The van der Waals surface area contributed by atoms with E-state index in [2.05, 4.69) is 5.32 Å². The Hall–Kier alpha value is -1.40. The van der Waals surface area contributed by atoms with Gasteiger partial charge in [0.1, 0.15) is 0 Å². The fourth-order valence-corrected chi connectivity index (χ4v) is 4.64. The van der Waals surface area contributed by atoms with Crippen molar-refractivity contribution < 1.29 is 13.2 Å². The third-order valence-corrected chi connectivity index (χ3v) is 6.22. The lowest BCUT2D eigenvalue weighted by molar-refractivity contribution is -0.116. The van der Waals surface area contributed by atoms with Crippen LogP contribution in [0.3, 0.4) is 0 Å². The molecule has 25 heavy (non-hydrogen) atoms. The van der Waals surface area contributed by atoms with E-state index >= 15 is 0 Å². The fourth-order valence-electron chi connectivity index (χ4n) is 3.46. The molecule has 0 heterocycles. The highest BCUT2D eigenvalue weighted by atomic mass is 32.2. The SMILES string of the molecule is Cc1ccc(C)c(NC(=O)CCN(C2CCCCCC2)S(C)(=O)=O)c1. The average molecular weight is 367 g/mol. The van der Waals surface area contributed by atoms with Gasteiger partial charge in [-0.2, -0.15) is 4.31 Å². The van der Waals surface area contributed by atoms with E-state index in [-0.39, 0.29) is 24.9 Å². The number of hydrogen-bond acceptors (Lipinski definition) is 3. The summed E-state index contributed by atoms with van der Waals surface area (Å²) in [5, 5.41) is 2.91. The van der Waals surface area contributed by atoms with E-state index in [4.69, 9.17) is 0 Å². The number of nitrogens with one attached hydrogen (secondary N) is 1. The predicted molar refractivity (Wildman–Crippen MR) is 102 cm³/mol. The maximum Gasteiger partial charge on any atom is 0.225 e. The van der Waals surface area contributed by atoms with E-state index in [9.17, 15) is 13.2 Å². The van der Waals surface area contributed by atoms with Crippen LogP contribution in [-0.2, 0) is 14.8 Å². The highest BCUT2D eigenvalue weighted by Gasteiger charge is 2.27. The molecule has 0 atom stereocenters. The van der Waals surface area contributed by atoms with E-state index in [0.29, 0.717) is 0 Å². The Bertz CT molecular complexity index is 693. The van der Waals surface area contributed by atoms with Crippen molar-refractivity contribution in [1.82, 2.24) is 4.31 Å². The number of anilines is 1. The molecule has 1 aromatic carbocycles. The summed E-state index contributed by atoms with van der Waals surface area (Å²) in [6.07, 6.45) is 7.67. The normalized spacial score (nSPS) is 16.6. The van der Waals surface area contributed by atoms with E-state index in [0.717, 1.165) is 42.5 Å². The lowest BCUT2D eigenvalue weighted by Crippen LogP contribution is -2.41. The van der Waals surface area contributed by atoms with E-state index in [1.165, 1.54) is 19.1 Å². The Morgan fingerprint density at radius 3 is 2.40 bits per heavy atom. The van der Waals surface area contributed by atoms with Crippen molar-refractivity contribution in [2.75, 3.05) is 18.1 Å². The average Bonchev–Trinajstić information content (AvgIpc) is 2.79. The van der Waals surface area contributed by atoms with Crippen molar-refractivity contribution in [3.63, 3.8) is 0 Å². The zero-order valence-electron chi connectivity index (χ0n) is 15.5. The zero-order chi connectivity index (χ0) is 18.4. The molecule has 0 bridgehead atoms. The molecule has 0 aliphatic heterocycles. The van der Waals surface area contributed by atoms with E-state index < -0.39 is 10.0 Å². The van der Waals surface area contributed by atoms with Crippen LogP contribution >= 0.6 is 0 Å². The molecule has 1 amide bonds. The smallest absolute Gasteiger partial charge is 0.225 e. The van der Waals surface area contributed by atoms with Crippen molar-refractivity contribution in [3.05, 3.63) is 29.3 Å². The summed E-state index contributed by atoms with van der Waals surface area (Å²) in [5.41, 5.74) is 2.88. The van der Waals surface area contributed by atoms with Gasteiger partial charge < -0.3 is 5.32 Å². The molecule has 0 aromatic heterocycles. The second-order valence-electron chi connectivity index (χ2n) is 7.14. The van der Waals surface area contributed by atoms with Crippen LogP contribution in [0.25, 0.3) is 0 Å². The summed E-state index contributed by atoms with van der Waals surface area (Å²) in [4.78, 5) is 12.3. The summed E-state index contributed by atoms with van der Waals surface area (Å²) >= 11 is 0. The summed E-state index contributed by atoms with van der Waals surface area (Å²) in [6, 6.07) is 5.94. The summed E-state index contributed by atoms with van der Waals surface area (Å²) in [5.74, 6) is -0.143. The maximum atomic E-state index is 12.3. The third kappa shape index (κ3) is 6.12. The molecular weight excluding hydrogens is 336 g/mol. The molecule has 1 N–H and O–H groups in total. The number of amides is 1. The van der Waals surface area contributed by atoms with Crippen molar-refractivity contribution in [1.29, 1.82) is 0 Å². The van der Waals surface area contributed by atoms with Gasteiger partial charge in [-0.3, -0.25) is 4.79 Å². The van der Waals surface area contributed by atoms with Gasteiger partial charge in [0.05, 0.1) is 6.26 Å². The van der Waals surface area contributed by atoms with Crippen molar-refractivity contribution in [2.45, 2.75) is 64.8 Å². The first kappa shape index (κ1) is 19.9. The minimum atomic E-state index is -3.31. The van der Waals surface area contributed by atoms with Crippen LogP contribution in [0.5, 0.6) is 0 Å². The third-order valence-electron chi connectivity index (χ3n) is 4.88. The maximum absolute atomic E-state index is 12.3. The molecule has 1 aliphatic carbocycles. The largest absolute Gasteiger partial charge is 0.326 e. The molecule has 1 saturated carbocycles. The van der Waals surface area contributed by atoms with Gasteiger partial charge in [-0.1, -0.05) is 37.8 Å². The summed E-state index contributed by atoms with van der Waals surface area (Å²) in [6.45, 7) is 4.18. The molecule has 6 heteroatoms. The lowest BCUT2D eigenvalue weighted by Gasteiger charge is -2.28. The first-order valence-electron chi connectivity index (χ1n) is 9.11. The van der Waals surface area contributed by atoms with Gasteiger partial charge in [-0.15, -0.1) is 0 Å². The Morgan fingerprint density at radius 1 is 1.16 bits per heavy atom.